The second-order valence-corrected chi connectivity index (χ2v) is 4.05. The quantitative estimate of drug-likeness (QED) is 0.814. The lowest BCUT2D eigenvalue weighted by atomic mass is 10.3. The maximum absolute atomic E-state index is 11.3. The van der Waals surface area contributed by atoms with Crippen LogP contribution in [-0.2, 0) is 4.79 Å². The van der Waals surface area contributed by atoms with Crippen LogP contribution in [0.5, 0.6) is 5.75 Å². The fourth-order valence-electron chi connectivity index (χ4n) is 1.11. The Hall–Kier alpha value is -1.26. The van der Waals surface area contributed by atoms with Gasteiger partial charge in [-0.05, 0) is 30.7 Å². The van der Waals surface area contributed by atoms with Crippen LogP contribution in [0.1, 0.15) is 13.3 Å². The molecule has 0 radical (unpaired) electrons. The number of benzene rings is 1. The zero-order chi connectivity index (χ0) is 12.7. The minimum absolute atomic E-state index is 0.0714. The van der Waals surface area contributed by atoms with E-state index in [4.69, 9.17) is 16.3 Å². The molecule has 1 aromatic rings. The van der Waals surface area contributed by atoms with Crippen LogP contribution in [0.25, 0.3) is 0 Å². The van der Waals surface area contributed by atoms with Crippen molar-refractivity contribution >= 4 is 17.5 Å². The molecule has 2 N–H and O–H groups in total. The van der Waals surface area contributed by atoms with Gasteiger partial charge in [0.2, 0.25) is 0 Å². The predicted molar refractivity (Wildman–Crippen MR) is 66.3 cm³/mol. The van der Waals surface area contributed by atoms with E-state index in [2.05, 4.69) is 5.32 Å². The first kappa shape index (κ1) is 13.8. The Labute approximate surface area is 106 Å². The van der Waals surface area contributed by atoms with E-state index in [1.54, 1.807) is 24.3 Å². The molecule has 4 nitrogen and oxygen atoms in total. The van der Waals surface area contributed by atoms with Gasteiger partial charge in [-0.15, -0.1) is 0 Å². The Kier molecular flexibility index (Phi) is 5.80. The van der Waals surface area contributed by atoms with E-state index in [-0.39, 0.29) is 19.1 Å². The first-order valence-electron chi connectivity index (χ1n) is 5.45. The highest BCUT2D eigenvalue weighted by atomic mass is 35.5. The van der Waals surface area contributed by atoms with Crippen molar-refractivity contribution in [1.29, 1.82) is 0 Å². The number of nitrogens with one attached hydrogen (secondary N) is 1. The van der Waals surface area contributed by atoms with Crippen molar-refractivity contribution in [2.24, 2.45) is 0 Å². The molecule has 1 aromatic carbocycles. The van der Waals surface area contributed by atoms with Gasteiger partial charge in [0.05, 0.1) is 6.10 Å². The van der Waals surface area contributed by atoms with E-state index >= 15 is 0 Å². The number of halogens is 1. The van der Waals surface area contributed by atoms with E-state index in [9.17, 15) is 9.90 Å². The lowest BCUT2D eigenvalue weighted by molar-refractivity contribution is -0.123. The monoisotopic (exact) mass is 257 g/mol. The number of carbonyl (C=O) groups excluding carboxylic acids is 1. The number of ether oxygens (including phenoxy) is 1. The van der Waals surface area contributed by atoms with Crippen LogP contribution < -0.4 is 10.1 Å². The van der Waals surface area contributed by atoms with Gasteiger partial charge in [-0.25, -0.2) is 0 Å². The van der Waals surface area contributed by atoms with E-state index < -0.39 is 6.10 Å². The number of amides is 1. The average molecular weight is 258 g/mol. The Morgan fingerprint density at radius 2 is 2.12 bits per heavy atom. The highest BCUT2D eigenvalue weighted by Crippen LogP contribution is 2.15. The first-order chi connectivity index (χ1) is 8.11. The van der Waals surface area contributed by atoms with Crippen LogP contribution in [0, 0.1) is 0 Å². The Bertz CT molecular complexity index is 353. The number of aliphatic hydroxyl groups excluding tert-OH is 1. The van der Waals surface area contributed by atoms with Crippen LogP contribution in [0.2, 0.25) is 5.02 Å². The topological polar surface area (TPSA) is 58.6 Å². The summed E-state index contributed by atoms with van der Waals surface area (Å²) in [6.07, 6.45) is 0.104. The van der Waals surface area contributed by atoms with Crippen LogP contribution in [0.4, 0.5) is 0 Å². The van der Waals surface area contributed by atoms with Gasteiger partial charge in [-0.2, -0.15) is 0 Å². The maximum Gasteiger partial charge on any atom is 0.258 e. The third kappa shape index (κ3) is 5.56. The van der Waals surface area contributed by atoms with Gasteiger partial charge < -0.3 is 15.2 Å². The molecule has 1 unspecified atom stereocenters. The minimum atomic E-state index is -0.505. The fraction of sp³-hybridized carbons (Fsp3) is 0.417. The van der Waals surface area contributed by atoms with Crippen LogP contribution in [-0.4, -0.2) is 30.3 Å². The summed E-state index contributed by atoms with van der Waals surface area (Å²) in [6, 6.07) is 6.76. The predicted octanol–water partition coefficient (Wildman–Crippen LogP) is 1.61. The van der Waals surface area contributed by atoms with Crippen molar-refractivity contribution in [2.45, 2.75) is 19.4 Å². The Morgan fingerprint density at radius 1 is 1.47 bits per heavy atom. The molecule has 0 saturated heterocycles. The molecule has 0 aliphatic heterocycles. The molecule has 1 rings (SSSR count). The molecule has 0 spiro atoms. The van der Waals surface area contributed by atoms with E-state index in [0.717, 1.165) is 0 Å². The van der Waals surface area contributed by atoms with Crippen molar-refractivity contribution in [1.82, 2.24) is 5.32 Å². The van der Waals surface area contributed by atoms with Crippen molar-refractivity contribution in [2.75, 3.05) is 13.2 Å². The molecular formula is C12H16ClNO3. The summed E-state index contributed by atoms with van der Waals surface area (Å²) >= 11 is 5.71. The normalized spacial score (nSPS) is 11.9. The van der Waals surface area contributed by atoms with Crippen molar-refractivity contribution < 1.29 is 14.6 Å². The number of hydrogen-bond acceptors (Lipinski definition) is 3. The summed E-state index contributed by atoms with van der Waals surface area (Å²) in [5.74, 6) is 0.327. The first-order valence-corrected chi connectivity index (χ1v) is 5.82. The second-order valence-electron chi connectivity index (χ2n) is 3.61. The van der Waals surface area contributed by atoms with Gasteiger partial charge in [0, 0.05) is 11.6 Å². The lowest BCUT2D eigenvalue weighted by Crippen LogP contribution is -2.35. The van der Waals surface area contributed by atoms with Crippen LogP contribution in [0.3, 0.4) is 0 Å². The Balaban J connectivity index is 2.26. The van der Waals surface area contributed by atoms with Gasteiger partial charge in [-0.1, -0.05) is 18.5 Å². The smallest absolute Gasteiger partial charge is 0.258 e. The van der Waals surface area contributed by atoms with Gasteiger partial charge in [-0.3, -0.25) is 4.79 Å². The van der Waals surface area contributed by atoms with Gasteiger partial charge in [0.15, 0.2) is 6.61 Å². The van der Waals surface area contributed by atoms with Crippen molar-refractivity contribution in [3.8, 4) is 5.75 Å². The zero-order valence-electron chi connectivity index (χ0n) is 9.65. The molecule has 0 fully saturated rings. The number of hydrogen-bond donors (Lipinski definition) is 2. The van der Waals surface area contributed by atoms with Crippen LogP contribution in [0.15, 0.2) is 24.3 Å². The molecule has 0 heterocycles. The SMILES string of the molecule is CCC(O)CNC(=O)COc1ccc(Cl)cc1. The molecule has 1 atom stereocenters. The van der Waals surface area contributed by atoms with Crippen LogP contribution >= 0.6 is 11.6 Å². The molecule has 1 amide bonds. The Morgan fingerprint density at radius 3 is 2.71 bits per heavy atom. The minimum Gasteiger partial charge on any atom is -0.484 e. The summed E-state index contributed by atoms with van der Waals surface area (Å²) in [6.45, 7) is 2.03. The highest BCUT2D eigenvalue weighted by Gasteiger charge is 2.05. The molecule has 5 heteroatoms. The third-order valence-electron chi connectivity index (χ3n) is 2.19. The molecule has 0 aromatic heterocycles. The van der Waals surface area contributed by atoms with Gasteiger partial charge in [0.25, 0.3) is 5.91 Å². The number of aliphatic hydroxyl groups is 1. The van der Waals surface area contributed by atoms with Crippen molar-refractivity contribution in [3.05, 3.63) is 29.3 Å². The molecule has 17 heavy (non-hydrogen) atoms. The summed E-state index contributed by atoms with van der Waals surface area (Å²) in [5, 5.41) is 12.4. The largest absolute Gasteiger partial charge is 0.484 e. The standard InChI is InChI=1S/C12H16ClNO3/c1-2-10(15)7-14-12(16)8-17-11-5-3-9(13)4-6-11/h3-6,10,15H,2,7-8H2,1H3,(H,14,16). The van der Waals surface area contributed by atoms with Gasteiger partial charge >= 0.3 is 0 Å². The summed E-state index contributed by atoms with van der Waals surface area (Å²) in [5.41, 5.74) is 0. The number of rotatable bonds is 6. The molecule has 0 aliphatic carbocycles. The lowest BCUT2D eigenvalue weighted by Gasteiger charge is -2.10. The third-order valence-corrected chi connectivity index (χ3v) is 2.44. The second kappa shape index (κ2) is 7.14. The summed E-state index contributed by atoms with van der Waals surface area (Å²) in [4.78, 5) is 11.3. The van der Waals surface area contributed by atoms with E-state index in [1.807, 2.05) is 6.92 Å². The molecule has 94 valence electrons. The zero-order valence-corrected chi connectivity index (χ0v) is 10.4. The summed E-state index contributed by atoms with van der Waals surface area (Å²) < 4.78 is 5.24. The molecule has 0 bridgehead atoms. The molecule has 0 aliphatic rings. The summed E-state index contributed by atoms with van der Waals surface area (Å²) in [7, 11) is 0. The number of carbonyl (C=O) groups is 1. The van der Waals surface area contributed by atoms with E-state index in [0.29, 0.717) is 17.2 Å². The fourth-order valence-corrected chi connectivity index (χ4v) is 1.23. The highest BCUT2D eigenvalue weighted by molar-refractivity contribution is 6.30. The van der Waals surface area contributed by atoms with E-state index in [1.165, 1.54) is 0 Å². The van der Waals surface area contributed by atoms with Gasteiger partial charge in [0.1, 0.15) is 5.75 Å². The molecule has 0 saturated carbocycles. The maximum atomic E-state index is 11.3. The average Bonchev–Trinajstić information content (AvgIpc) is 2.35. The molecular weight excluding hydrogens is 242 g/mol. The van der Waals surface area contributed by atoms with Crippen molar-refractivity contribution in [3.63, 3.8) is 0 Å².